The molecular formula is C15H18BrN3S. The van der Waals surface area contributed by atoms with Crippen LogP contribution in [0.1, 0.15) is 24.0 Å². The molecule has 3 nitrogen and oxygen atoms in total. The fraction of sp³-hybridized carbons (Fsp3) is 0.400. The molecule has 0 saturated heterocycles. The SMILES string of the molecule is CNCc1cc(Br)cnc1N(Cc1ccsc1)C1CC1. The van der Waals surface area contributed by atoms with Gasteiger partial charge in [0.05, 0.1) is 0 Å². The molecule has 1 saturated carbocycles. The Bertz CT molecular complexity index is 567. The van der Waals surface area contributed by atoms with Crippen LogP contribution in [0.4, 0.5) is 5.82 Å². The third kappa shape index (κ3) is 3.22. The lowest BCUT2D eigenvalue weighted by atomic mass is 10.2. The van der Waals surface area contributed by atoms with Gasteiger partial charge in [0, 0.05) is 35.4 Å². The van der Waals surface area contributed by atoms with E-state index < -0.39 is 0 Å². The smallest absolute Gasteiger partial charge is 0.133 e. The van der Waals surface area contributed by atoms with Crippen LogP contribution in [0.25, 0.3) is 0 Å². The van der Waals surface area contributed by atoms with Gasteiger partial charge in [-0.15, -0.1) is 0 Å². The second kappa shape index (κ2) is 6.24. The number of aromatic nitrogens is 1. The van der Waals surface area contributed by atoms with Crippen molar-refractivity contribution in [1.29, 1.82) is 0 Å². The highest BCUT2D eigenvalue weighted by Gasteiger charge is 2.31. The Morgan fingerprint density at radius 1 is 1.50 bits per heavy atom. The molecule has 1 N–H and O–H groups in total. The number of halogens is 1. The van der Waals surface area contributed by atoms with E-state index >= 15 is 0 Å². The number of pyridine rings is 1. The highest BCUT2D eigenvalue weighted by Crippen LogP contribution is 2.34. The highest BCUT2D eigenvalue weighted by molar-refractivity contribution is 9.10. The Labute approximate surface area is 132 Å². The van der Waals surface area contributed by atoms with Crippen LogP contribution in [-0.4, -0.2) is 18.1 Å². The van der Waals surface area contributed by atoms with E-state index in [1.807, 2.05) is 13.2 Å². The summed E-state index contributed by atoms with van der Waals surface area (Å²) in [7, 11) is 1.98. The van der Waals surface area contributed by atoms with Crippen molar-refractivity contribution in [3.8, 4) is 0 Å². The first-order valence-corrected chi connectivity index (χ1v) is 8.58. The Morgan fingerprint density at radius 3 is 3.00 bits per heavy atom. The summed E-state index contributed by atoms with van der Waals surface area (Å²) < 4.78 is 1.04. The number of anilines is 1. The van der Waals surface area contributed by atoms with E-state index in [0.717, 1.165) is 23.4 Å². The van der Waals surface area contributed by atoms with Crippen LogP contribution in [-0.2, 0) is 13.1 Å². The minimum Gasteiger partial charge on any atom is -0.349 e. The van der Waals surface area contributed by atoms with E-state index in [0.29, 0.717) is 6.04 Å². The Morgan fingerprint density at radius 2 is 2.35 bits per heavy atom. The van der Waals surface area contributed by atoms with Gasteiger partial charge in [0.2, 0.25) is 0 Å². The third-order valence-electron chi connectivity index (χ3n) is 3.47. The topological polar surface area (TPSA) is 28.2 Å². The number of hydrogen-bond donors (Lipinski definition) is 1. The lowest BCUT2D eigenvalue weighted by Gasteiger charge is -2.25. The second-order valence-electron chi connectivity index (χ2n) is 5.16. The fourth-order valence-electron chi connectivity index (χ4n) is 2.40. The molecule has 0 bridgehead atoms. The van der Waals surface area contributed by atoms with Gasteiger partial charge in [0.15, 0.2) is 0 Å². The molecule has 1 fully saturated rings. The molecule has 2 heterocycles. The van der Waals surface area contributed by atoms with Crippen LogP contribution in [0.3, 0.4) is 0 Å². The first-order valence-electron chi connectivity index (χ1n) is 6.84. The van der Waals surface area contributed by atoms with Crippen LogP contribution in [0.15, 0.2) is 33.6 Å². The molecule has 0 unspecified atom stereocenters. The summed E-state index contributed by atoms with van der Waals surface area (Å²) in [5.41, 5.74) is 2.63. The molecule has 2 aromatic heterocycles. The molecule has 0 aromatic carbocycles. The number of thiophene rings is 1. The third-order valence-corrected chi connectivity index (χ3v) is 4.64. The Hall–Kier alpha value is -0.910. The lowest BCUT2D eigenvalue weighted by molar-refractivity contribution is 0.749. The quantitative estimate of drug-likeness (QED) is 0.857. The van der Waals surface area contributed by atoms with Gasteiger partial charge in [-0.3, -0.25) is 0 Å². The first-order chi connectivity index (χ1) is 9.78. The molecule has 2 aromatic rings. The number of nitrogens with one attached hydrogen (secondary N) is 1. The minimum absolute atomic E-state index is 0.652. The second-order valence-corrected chi connectivity index (χ2v) is 6.85. The van der Waals surface area contributed by atoms with Gasteiger partial charge in [-0.25, -0.2) is 4.98 Å². The first kappa shape index (κ1) is 14.0. The maximum absolute atomic E-state index is 4.68. The minimum atomic E-state index is 0.652. The van der Waals surface area contributed by atoms with Gasteiger partial charge in [-0.1, -0.05) is 0 Å². The van der Waals surface area contributed by atoms with Gasteiger partial charge < -0.3 is 10.2 Å². The number of rotatable bonds is 6. The summed E-state index contributed by atoms with van der Waals surface area (Å²) in [6.07, 6.45) is 4.46. The van der Waals surface area contributed by atoms with Crippen molar-refractivity contribution in [3.63, 3.8) is 0 Å². The highest BCUT2D eigenvalue weighted by atomic mass is 79.9. The van der Waals surface area contributed by atoms with Crippen molar-refractivity contribution < 1.29 is 0 Å². The van der Waals surface area contributed by atoms with E-state index in [-0.39, 0.29) is 0 Å². The van der Waals surface area contributed by atoms with Gasteiger partial charge in [0.25, 0.3) is 0 Å². The van der Waals surface area contributed by atoms with E-state index in [4.69, 9.17) is 0 Å². The zero-order chi connectivity index (χ0) is 13.9. The summed E-state index contributed by atoms with van der Waals surface area (Å²) >= 11 is 5.28. The van der Waals surface area contributed by atoms with Crippen molar-refractivity contribution >= 4 is 33.1 Å². The summed E-state index contributed by atoms with van der Waals surface area (Å²) in [5.74, 6) is 1.12. The Kier molecular flexibility index (Phi) is 4.38. The molecule has 5 heteroatoms. The summed E-state index contributed by atoms with van der Waals surface area (Å²) in [6, 6.07) is 5.03. The largest absolute Gasteiger partial charge is 0.349 e. The normalized spacial score (nSPS) is 14.5. The summed E-state index contributed by atoms with van der Waals surface area (Å²) in [6.45, 7) is 1.80. The van der Waals surface area contributed by atoms with Crippen LogP contribution < -0.4 is 10.2 Å². The van der Waals surface area contributed by atoms with Crippen molar-refractivity contribution in [2.24, 2.45) is 0 Å². The zero-order valence-corrected chi connectivity index (χ0v) is 13.9. The van der Waals surface area contributed by atoms with Crippen molar-refractivity contribution in [2.75, 3.05) is 11.9 Å². The maximum atomic E-state index is 4.68. The van der Waals surface area contributed by atoms with E-state index in [9.17, 15) is 0 Å². The Balaban J connectivity index is 1.90. The standard InChI is InChI=1S/C15H18BrN3S/c1-17-7-12-6-13(16)8-18-15(12)19(14-2-3-14)9-11-4-5-20-10-11/h4-6,8,10,14,17H,2-3,7,9H2,1H3. The zero-order valence-electron chi connectivity index (χ0n) is 11.5. The predicted molar refractivity (Wildman–Crippen MR) is 88.2 cm³/mol. The number of nitrogens with zero attached hydrogens (tertiary/aromatic N) is 2. The molecule has 3 rings (SSSR count). The van der Waals surface area contributed by atoms with Crippen molar-refractivity contribution in [3.05, 3.63) is 44.7 Å². The molecule has 1 aliphatic rings. The van der Waals surface area contributed by atoms with E-state index in [1.165, 1.54) is 24.0 Å². The fourth-order valence-corrected chi connectivity index (χ4v) is 3.43. The summed E-state index contributed by atoms with van der Waals surface area (Å²) in [4.78, 5) is 7.14. The molecule has 0 atom stereocenters. The molecule has 0 amide bonds. The molecule has 1 aliphatic carbocycles. The maximum Gasteiger partial charge on any atom is 0.133 e. The summed E-state index contributed by atoms with van der Waals surface area (Å²) in [5, 5.41) is 7.61. The molecule has 0 spiro atoms. The van der Waals surface area contributed by atoms with Gasteiger partial charge in [-0.05, 0) is 64.3 Å². The van der Waals surface area contributed by atoms with Crippen molar-refractivity contribution in [2.45, 2.75) is 32.0 Å². The van der Waals surface area contributed by atoms with Crippen LogP contribution in [0.2, 0.25) is 0 Å². The van der Waals surface area contributed by atoms with Crippen LogP contribution >= 0.6 is 27.3 Å². The monoisotopic (exact) mass is 351 g/mol. The van der Waals surface area contributed by atoms with Crippen molar-refractivity contribution in [1.82, 2.24) is 10.3 Å². The van der Waals surface area contributed by atoms with E-state index in [1.54, 1.807) is 11.3 Å². The molecule has 0 aliphatic heterocycles. The molecule has 20 heavy (non-hydrogen) atoms. The van der Waals surface area contributed by atoms with Gasteiger partial charge in [-0.2, -0.15) is 11.3 Å². The molecular weight excluding hydrogens is 334 g/mol. The van der Waals surface area contributed by atoms with Crippen LogP contribution in [0.5, 0.6) is 0 Å². The lowest BCUT2D eigenvalue weighted by Crippen LogP contribution is -2.27. The van der Waals surface area contributed by atoms with Gasteiger partial charge >= 0.3 is 0 Å². The van der Waals surface area contributed by atoms with Gasteiger partial charge in [0.1, 0.15) is 5.82 Å². The molecule has 106 valence electrons. The average Bonchev–Trinajstić information content (AvgIpc) is 3.15. The van der Waals surface area contributed by atoms with Crippen LogP contribution in [0, 0.1) is 0 Å². The van der Waals surface area contributed by atoms with E-state index in [2.05, 4.69) is 54.0 Å². The average molecular weight is 352 g/mol. The molecule has 0 radical (unpaired) electrons. The number of hydrogen-bond acceptors (Lipinski definition) is 4. The predicted octanol–water partition coefficient (Wildman–Crippen LogP) is 3.79.